The molecule has 1 N–H and O–H groups in total. The number of ether oxygens (including phenoxy) is 1. The molecule has 0 aliphatic heterocycles. The first kappa shape index (κ1) is 26.7. The molecule has 7 nitrogen and oxygen atoms in total. The van der Waals surface area contributed by atoms with Crippen molar-refractivity contribution < 1.29 is 19.0 Å². The van der Waals surface area contributed by atoms with Gasteiger partial charge in [-0.2, -0.15) is 0 Å². The first-order valence-electron chi connectivity index (χ1n) is 11.8. The van der Waals surface area contributed by atoms with Gasteiger partial charge in [-0.3, -0.25) is 9.69 Å². The zero-order chi connectivity index (χ0) is 25.4. The fourth-order valence-corrected chi connectivity index (χ4v) is 4.57. The van der Waals surface area contributed by atoms with E-state index in [4.69, 9.17) is 9.84 Å². The number of rotatable bonds is 12. The number of anilines is 1. The summed E-state index contributed by atoms with van der Waals surface area (Å²) in [6.45, 7) is 8.41. The highest BCUT2D eigenvalue weighted by Gasteiger charge is 2.24. The van der Waals surface area contributed by atoms with Crippen LogP contribution in [0.25, 0.3) is 10.6 Å². The predicted octanol–water partition coefficient (Wildman–Crippen LogP) is 4.71. The zero-order valence-corrected chi connectivity index (χ0v) is 21.6. The van der Waals surface area contributed by atoms with Crippen molar-refractivity contribution in [2.75, 3.05) is 44.8 Å². The number of aliphatic hydroxyl groups is 1. The summed E-state index contributed by atoms with van der Waals surface area (Å²) in [5.41, 5.74) is 2.87. The fraction of sp³-hybridized carbons (Fsp3) is 0.423. The normalized spacial score (nSPS) is 11.2. The Morgan fingerprint density at radius 3 is 2.49 bits per heavy atom. The summed E-state index contributed by atoms with van der Waals surface area (Å²) in [6.07, 6.45) is 1.66. The average molecular weight is 501 g/mol. The van der Waals surface area contributed by atoms with Gasteiger partial charge in [0, 0.05) is 25.2 Å². The second-order valence-corrected chi connectivity index (χ2v) is 9.45. The van der Waals surface area contributed by atoms with E-state index in [1.165, 1.54) is 28.4 Å². The van der Waals surface area contributed by atoms with Gasteiger partial charge in [0.25, 0.3) is 5.91 Å². The van der Waals surface area contributed by atoms with E-state index >= 15 is 0 Å². The minimum Gasteiger partial charge on any atom is -0.492 e. The molecule has 2 aromatic carbocycles. The van der Waals surface area contributed by atoms with Gasteiger partial charge in [-0.1, -0.05) is 36.8 Å². The van der Waals surface area contributed by atoms with E-state index < -0.39 is 11.7 Å². The Morgan fingerprint density at radius 1 is 1.11 bits per heavy atom. The van der Waals surface area contributed by atoms with E-state index in [-0.39, 0.29) is 12.2 Å². The molecule has 188 valence electrons. The molecule has 1 heterocycles. The largest absolute Gasteiger partial charge is 0.492 e. The van der Waals surface area contributed by atoms with Crippen molar-refractivity contribution in [2.45, 2.75) is 33.6 Å². The summed E-state index contributed by atoms with van der Waals surface area (Å²) in [4.78, 5) is 16.7. The van der Waals surface area contributed by atoms with E-state index in [1.54, 1.807) is 12.1 Å². The molecule has 0 aliphatic carbocycles. The second kappa shape index (κ2) is 12.7. The molecule has 35 heavy (non-hydrogen) atoms. The molecule has 1 aromatic heterocycles. The van der Waals surface area contributed by atoms with E-state index in [0.717, 1.165) is 35.3 Å². The maximum Gasteiger partial charge on any atom is 0.263 e. The number of nitrogens with zero attached hydrogens (tertiary/aromatic N) is 4. The predicted molar refractivity (Wildman–Crippen MR) is 138 cm³/mol. The van der Waals surface area contributed by atoms with Gasteiger partial charge in [0.15, 0.2) is 0 Å². The van der Waals surface area contributed by atoms with Gasteiger partial charge in [-0.15, -0.1) is 10.2 Å². The number of aliphatic hydroxyl groups excluding tert-OH is 1. The lowest BCUT2D eigenvalue weighted by Gasteiger charge is -2.19. The molecule has 0 spiro atoms. The molecule has 3 rings (SSSR count). The van der Waals surface area contributed by atoms with Crippen molar-refractivity contribution in [1.82, 2.24) is 15.1 Å². The monoisotopic (exact) mass is 500 g/mol. The third kappa shape index (κ3) is 6.84. The lowest BCUT2D eigenvalue weighted by atomic mass is 10.1. The van der Waals surface area contributed by atoms with Gasteiger partial charge in [0.05, 0.1) is 12.2 Å². The summed E-state index contributed by atoms with van der Waals surface area (Å²) in [7, 11) is 1.94. The summed E-state index contributed by atoms with van der Waals surface area (Å²) in [5.74, 6) is -0.134. The van der Waals surface area contributed by atoms with Crippen LogP contribution in [0.4, 0.5) is 9.52 Å². The molecule has 0 saturated heterocycles. The van der Waals surface area contributed by atoms with Crippen molar-refractivity contribution >= 4 is 22.4 Å². The van der Waals surface area contributed by atoms with Gasteiger partial charge in [-0.05, 0) is 62.7 Å². The average Bonchev–Trinajstić information content (AvgIpc) is 3.31. The number of unbranched alkanes of at least 4 members (excludes halogenated alkanes) is 1. The minimum atomic E-state index is -0.548. The van der Waals surface area contributed by atoms with E-state index in [1.807, 2.05) is 44.9 Å². The number of likely N-dealkylation sites (N-methyl/N-ethyl adjacent to an activating group) is 1. The number of halogens is 1. The summed E-state index contributed by atoms with van der Waals surface area (Å²) in [5, 5.41) is 18.8. The molecule has 0 saturated carbocycles. The molecule has 3 aromatic rings. The third-order valence-corrected chi connectivity index (χ3v) is 6.63. The molecule has 0 bridgehead atoms. The van der Waals surface area contributed by atoms with Crippen molar-refractivity contribution in [3.8, 4) is 16.3 Å². The number of hydrogen-bond donors (Lipinski definition) is 1. The Balaban J connectivity index is 1.81. The molecule has 1 amide bonds. The third-order valence-electron chi connectivity index (χ3n) is 5.64. The standard InChI is InChI=1S/C26H33FN4O3S/c1-5-6-11-31(25(33)21-9-7-8-10-22(21)27)26-29-28-24(35-26)20-16-18(2)23(19(3)17-20)34-15-13-30(4)12-14-32/h7-10,16-17,32H,5-6,11-15H2,1-4H3. The van der Waals surface area contributed by atoms with Crippen molar-refractivity contribution in [3.05, 3.63) is 58.9 Å². The van der Waals surface area contributed by atoms with Gasteiger partial charge < -0.3 is 14.7 Å². The highest BCUT2D eigenvalue weighted by Crippen LogP contribution is 2.34. The van der Waals surface area contributed by atoms with Crippen LogP contribution in [0.3, 0.4) is 0 Å². The topological polar surface area (TPSA) is 78.8 Å². The van der Waals surface area contributed by atoms with Crippen LogP contribution in [0.5, 0.6) is 5.75 Å². The highest BCUT2D eigenvalue weighted by molar-refractivity contribution is 7.18. The first-order valence-corrected chi connectivity index (χ1v) is 12.6. The smallest absolute Gasteiger partial charge is 0.263 e. The minimum absolute atomic E-state index is 0.0261. The molecule has 0 atom stereocenters. The van der Waals surface area contributed by atoms with Crippen LogP contribution >= 0.6 is 11.3 Å². The Morgan fingerprint density at radius 2 is 1.83 bits per heavy atom. The molecular formula is C26H33FN4O3S. The van der Waals surface area contributed by atoms with Crippen LogP contribution in [-0.2, 0) is 0 Å². The molecule has 0 aliphatic rings. The van der Waals surface area contributed by atoms with E-state index in [9.17, 15) is 9.18 Å². The number of carbonyl (C=O) groups excluding carboxylic acids is 1. The second-order valence-electron chi connectivity index (χ2n) is 8.49. The van der Waals surface area contributed by atoms with Crippen molar-refractivity contribution in [1.29, 1.82) is 0 Å². The number of hydrogen-bond acceptors (Lipinski definition) is 7. The first-order chi connectivity index (χ1) is 16.8. The maximum absolute atomic E-state index is 14.3. The van der Waals surface area contributed by atoms with Crippen LogP contribution in [0.2, 0.25) is 0 Å². The van der Waals surface area contributed by atoms with Gasteiger partial charge >= 0.3 is 0 Å². The summed E-state index contributed by atoms with van der Waals surface area (Å²) in [6, 6.07) is 10.00. The Labute approximate surface area is 210 Å². The van der Waals surface area contributed by atoms with Crippen LogP contribution < -0.4 is 9.64 Å². The van der Waals surface area contributed by atoms with Crippen molar-refractivity contribution in [2.24, 2.45) is 0 Å². The highest BCUT2D eigenvalue weighted by atomic mass is 32.1. The molecule has 0 fully saturated rings. The van der Waals surface area contributed by atoms with Gasteiger partial charge in [-0.25, -0.2) is 4.39 Å². The number of aryl methyl sites for hydroxylation is 2. The van der Waals surface area contributed by atoms with Crippen LogP contribution in [0.15, 0.2) is 36.4 Å². The lowest BCUT2D eigenvalue weighted by Crippen LogP contribution is -2.32. The fourth-order valence-electron chi connectivity index (χ4n) is 3.71. The zero-order valence-electron chi connectivity index (χ0n) is 20.8. The maximum atomic E-state index is 14.3. The Bertz CT molecular complexity index is 1110. The molecule has 0 radical (unpaired) electrons. The number of carbonyl (C=O) groups is 1. The van der Waals surface area contributed by atoms with Gasteiger partial charge in [0.2, 0.25) is 5.13 Å². The number of benzene rings is 2. The van der Waals surface area contributed by atoms with Gasteiger partial charge in [0.1, 0.15) is 23.2 Å². The number of aromatic nitrogens is 2. The van der Waals surface area contributed by atoms with E-state index in [2.05, 4.69) is 10.2 Å². The lowest BCUT2D eigenvalue weighted by molar-refractivity contribution is 0.0982. The van der Waals surface area contributed by atoms with E-state index in [0.29, 0.717) is 36.4 Å². The molecular weight excluding hydrogens is 467 g/mol. The Kier molecular flexibility index (Phi) is 9.71. The van der Waals surface area contributed by atoms with Crippen LogP contribution in [-0.4, -0.2) is 66.0 Å². The van der Waals surface area contributed by atoms with Crippen LogP contribution in [0.1, 0.15) is 41.3 Å². The Hall–Kier alpha value is -2.88. The SMILES string of the molecule is CCCCN(C(=O)c1ccccc1F)c1nnc(-c2cc(C)c(OCCN(C)CCO)c(C)c2)s1. The molecule has 0 unspecified atom stereocenters. The van der Waals surface area contributed by atoms with Crippen molar-refractivity contribution in [3.63, 3.8) is 0 Å². The van der Waals surface area contributed by atoms with Crippen LogP contribution in [0, 0.1) is 19.7 Å². The molecule has 9 heteroatoms. The summed E-state index contributed by atoms with van der Waals surface area (Å²) < 4.78 is 20.3. The number of amides is 1. The quantitative estimate of drug-likeness (QED) is 0.388. The summed E-state index contributed by atoms with van der Waals surface area (Å²) >= 11 is 1.31.